The van der Waals surface area contributed by atoms with E-state index in [4.69, 9.17) is 4.74 Å². The molecule has 0 N–H and O–H groups in total. The van der Waals surface area contributed by atoms with Gasteiger partial charge in [0, 0.05) is 12.8 Å². The van der Waals surface area contributed by atoms with Crippen molar-refractivity contribution in [2.75, 3.05) is 0 Å². The Morgan fingerprint density at radius 2 is 2.00 bits per heavy atom. The molecule has 1 atom stereocenters. The lowest BCUT2D eigenvalue weighted by molar-refractivity contribution is -0.121. The fourth-order valence-corrected chi connectivity index (χ4v) is 1.34. The van der Waals surface area contributed by atoms with Crippen LogP contribution in [-0.2, 0) is 16.1 Å². The lowest BCUT2D eigenvalue weighted by atomic mass is 10.1. The molecule has 0 saturated heterocycles. The van der Waals surface area contributed by atoms with Gasteiger partial charge in [0.15, 0.2) is 0 Å². The zero-order valence-electron chi connectivity index (χ0n) is 9.40. The largest absolute Gasteiger partial charge is 0.373 e. The first-order chi connectivity index (χ1) is 7.22. The van der Waals surface area contributed by atoms with E-state index >= 15 is 0 Å². The summed E-state index contributed by atoms with van der Waals surface area (Å²) in [6.45, 7) is 4.40. The molecule has 0 heterocycles. The van der Waals surface area contributed by atoms with E-state index in [1.165, 1.54) is 0 Å². The van der Waals surface area contributed by atoms with Crippen LogP contribution in [-0.4, -0.2) is 11.9 Å². The van der Waals surface area contributed by atoms with Gasteiger partial charge in [-0.05, 0) is 12.5 Å². The molecule has 82 valence electrons. The second kappa shape index (κ2) is 6.36. The van der Waals surface area contributed by atoms with Crippen molar-refractivity contribution in [2.24, 2.45) is 0 Å². The fraction of sp³-hybridized carbons (Fsp3) is 0.462. The fourth-order valence-electron chi connectivity index (χ4n) is 1.34. The summed E-state index contributed by atoms with van der Waals surface area (Å²) in [5.41, 5.74) is 1.15. The number of hydrogen-bond acceptors (Lipinski definition) is 2. The summed E-state index contributed by atoms with van der Waals surface area (Å²) in [6.07, 6.45) is 1.13. The van der Waals surface area contributed by atoms with Crippen molar-refractivity contribution in [1.29, 1.82) is 0 Å². The van der Waals surface area contributed by atoms with Crippen LogP contribution in [0, 0.1) is 0 Å². The quantitative estimate of drug-likeness (QED) is 0.715. The molecular weight excluding hydrogens is 188 g/mol. The number of ketones is 1. The molecule has 0 aliphatic rings. The number of carbonyl (C=O) groups excluding carboxylic acids is 1. The average molecular weight is 206 g/mol. The van der Waals surface area contributed by atoms with Gasteiger partial charge < -0.3 is 4.74 Å². The van der Waals surface area contributed by atoms with Crippen LogP contribution in [0.4, 0.5) is 0 Å². The summed E-state index contributed by atoms with van der Waals surface area (Å²) in [5, 5.41) is 0. The second-order valence-corrected chi connectivity index (χ2v) is 3.70. The van der Waals surface area contributed by atoms with Gasteiger partial charge in [-0.25, -0.2) is 0 Å². The Kier molecular flexibility index (Phi) is 5.05. The molecule has 1 unspecified atom stereocenters. The monoisotopic (exact) mass is 206 g/mol. The van der Waals surface area contributed by atoms with Crippen LogP contribution < -0.4 is 0 Å². The van der Waals surface area contributed by atoms with Crippen LogP contribution in [0.3, 0.4) is 0 Å². The van der Waals surface area contributed by atoms with Crippen LogP contribution >= 0.6 is 0 Å². The number of hydrogen-bond donors (Lipinski definition) is 0. The molecule has 0 radical (unpaired) electrons. The maximum absolute atomic E-state index is 11.2. The normalized spacial score (nSPS) is 12.4. The number of benzene rings is 1. The van der Waals surface area contributed by atoms with Gasteiger partial charge in [0.05, 0.1) is 12.7 Å². The molecule has 1 aromatic carbocycles. The van der Waals surface area contributed by atoms with Crippen molar-refractivity contribution in [3.05, 3.63) is 35.9 Å². The Labute approximate surface area is 91.3 Å². The Balaban J connectivity index is 2.28. The average Bonchev–Trinajstić information content (AvgIpc) is 2.27. The van der Waals surface area contributed by atoms with Gasteiger partial charge >= 0.3 is 0 Å². The van der Waals surface area contributed by atoms with Crippen LogP contribution in [0.2, 0.25) is 0 Å². The minimum Gasteiger partial charge on any atom is -0.373 e. The molecule has 0 spiro atoms. The van der Waals surface area contributed by atoms with Crippen LogP contribution in [0.25, 0.3) is 0 Å². The van der Waals surface area contributed by atoms with E-state index < -0.39 is 0 Å². The predicted molar refractivity (Wildman–Crippen MR) is 60.6 cm³/mol. The second-order valence-electron chi connectivity index (χ2n) is 3.70. The molecule has 0 aromatic heterocycles. The number of ether oxygens (including phenoxy) is 1. The van der Waals surface area contributed by atoms with Gasteiger partial charge in [0.25, 0.3) is 0 Å². The van der Waals surface area contributed by atoms with Crippen molar-refractivity contribution in [3.63, 3.8) is 0 Å². The lowest BCUT2D eigenvalue weighted by Gasteiger charge is -2.11. The highest BCUT2D eigenvalue weighted by atomic mass is 16.5. The van der Waals surface area contributed by atoms with Crippen molar-refractivity contribution >= 4 is 5.78 Å². The Bertz CT molecular complexity index is 293. The minimum absolute atomic E-state index is 0.0117. The molecule has 2 heteroatoms. The summed E-state index contributed by atoms with van der Waals surface area (Å²) < 4.78 is 5.58. The standard InChI is InChI=1S/C13H18O2/c1-3-13(14)9-11(2)15-10-12-7-5-4-6-8-12/h4-8,11H,3,9-10H2,1-2H3. The first-order valence-electron chi connectivity index (χ1n) is 5.39. The van der Waals surface area contributed by atoms with E-state index in [1.54, 1.807) is 0 Å². The van der Waals surface area contributed by atoms with Crippen LogP contribution in [0.1, 0.15) is 32.3 Å². The van der Waals surface area contributed by atoms with E-state index in [9.17, 15) is 4.79 Å². The first kappa shape index (κ1) is 11.9. The molecular formula is C13H18O2. The van der Waals surface area contributed by atoms with E-state index in [2.05, 4.69) is 0 Å². The molecule has 0 amide bonds. The van der Waals surface area contributed by atoms with Crippen molar-refractivity contribution in [3.8, 4) is 0 Å². The topological polar surface area (TPSA) is 26.3 Å². The zero-order chi connectivity index (χ0) is 11.1. The predicted octanol–water partition coefficient (Wildman–Crippen LogP) is 2.96. The van der Waals surface area contributed by atoms with E-state index in [0.717, 1.165) is 5.56 Å². The van der Waals surface area contributed by atoms with Gasteiger partial charge in [-0.3, -0.25) is 4.79 Å². The molecule has 0 aliphatic heterocycles. The Morgan fingerprint density at radius 1 is 1.33 bits per heavy atom. The smallest absolute Gasteiger partial charge is 0.135 e. The third-order valence-corrected chi connectivity index (χ3v) is 2.29. The number of Topliss-reactive ketones (excluding diaryl/α,β-unsaturated/α-hetero) is 1. The molecule has 0 saturated carbocycles. The van der Waals surface area contributed by atoms with Gasteiger partial charge in [-0.1, -0.05) is 37.3 Å². The highest BCUT2D eigenvalue weighted by Gasteiger charge is 2.07. The summed E-state index contributed by atoms with van der Waals surface area (Å²) in [6, 6.07) is 10.00. The summed E-state index contributed by atoms with van der Waals surface area (Å²) >= 11 is 0. The third-order valence-electron chi connectivity index (χ3n) is 2.29. The molecule has 0 bridgehead atoms. The lowest BCUT2D eigenvalue weighted by Crippen LogP contribution is -2.13. The summed E-state index contributed by atoms with van der Waals surface area (Å²) in [7, 11) is 0. The maximum atomic E-state index is 11.2. The molecule has 2 nitrogen and oxygen atoms in total. The Hall–Kier alpha value is -1.15. The van der Waals surface area contributed by atoms with Gasteiger partial charge in [0.2, 0.25) is 0 Å². The summed E-state index contributed by atoms with van der Waals surface area (Å²) in [4.78, 5) is 11.2. The first-order valence-corrected chi connectivity index (χ1v) is 5.39. The third kappa shape index (κ3) is 4.75. The van der Waals surface area contributed by atoms with Crippen LogP contribution in [0.15, 0.2) is 30.3 Å². The minimum atomic E-state index is 0.0117. The summed E-state index contributed by atoms with van der Waals surface area (Å²) in [5.74, 6) is 0.260. The number of carbonyl (C=O) groups is 1. The maximum Gasteiger partial charge on any atom is 0.135 e. The van der Waals surface area contributed by atoms with Crippen molar-refractivity contribution < 1.29 is 9.53 Å². The van der Waals surface area contributed by atoms with Gasteiger partial charge in [0.1, 0.15) is 5.78 Å². The molecule has 15 heavy (non-hydrogen) atoms. The van der Waals surface area contributed by atoms with E-state index in [0.29, 0.717) is 19.4 Å². The number of rotatable bonds is 6. The highest BCUT2D eigenvalue weighted by Crippen LogP contribution is 2.06. The molecule has 0 aliphatic carbocycles. The molecule has 1 rings (SSSR count). The molecule has 0 fully saturated rings. The van der Waals surface area contributed by atoms with E-state index in [1.807, 2.05) is 44.2 Å². The van der Waals surface area contributed by atoms with Gasteiger partial charge in [-0.15, -0.1) is 0 Å². The van der Waals surface area contributed by atoms with Crippen molar-refractivity contribution in [2.45, 2.75) is 39.4 Å². The van der Waals surface area contributed by atoms with E-state index in [-0.39, 0.29) is 11.9 Å². The zero-order valence-corrected chi connectivity index (χ0v) is 9.40. The Morgan fingerprint density at radius 3 is 2.60 bits per heavy atom. The highest BCUT2D eigenvalue weighted by molar-refractivity contribution is 5.78. The van der Waals surface area contributed by atoms with Gasteiger partial charge in [-0.2, -0.15) is 0 Å². The van der Waals surface area contributed by atoms with Crippen LogP contribution in [0.5, 0.6) is 0 Å². The molecule has 1 aromatic rings. The van der Waals surface area contributed by atoms with Crippen molar-refractivity contribution in [1.82, 2.24) is 0 Å². The SMILES string of the molecule is CCC(=O)CC(C)OCc1ccccc1.